The maximum absolute atomic E-state index is 12.0. The van der Waals surface area contributed by atoms with Crippen molar-refractivity contribution in [3.05, 3.63) is 22.3 Å². The predicted molar refractivity (Wildman–Crippen MR) is 79.9 cm³/mol. The van der Waals surface area contributed by atoms with Crippen molar-refractivity contribution >= 4 is 27.7 Å². The van der Waals surface area contributed by atoms with Gasteiger partial charge in [0.2, 0.25) is 0 Å². The second-order valence-corrected chi connectivity index (χ2v) is 5.38. The molecule has 0 saturated carbocycles. The highest BCUT2D eigenvalue weighted by Gasteiger charge is 2.12. The molecule has 0 saturated heterocycles. The molecule has 0 aliphatic carbocycles. The van der Waals surface area contributed by atoms with Crippen LogP contribution in [0.15, 0.2) is 16.7 Å². The van der Waals surface area contributed by atoms with Gasteiger partial charge in [0.1, 0.15) is 0 Å². The second-order valence-electron chi connectivity index (χ2n) is 4.46. The summed E-state index contributed by atoms with van der Waals surface area (Å²) in [5.41, 5.74) is 2.86. The Morgan fingerprint density at radius 1 is 1.47 bits per heavy atom. The number of aromatic nitrogens is 1. The molecule has 1 heterocycles. The van der Waals surface area contributed by atoms with Crippen molar-refractivity contribution < 1.29 is 4.79 Å². The van der Waals surface area contributed by atoms with E-state index in [9.17, 15) is 4.79 Å². The van der Waals surface area contributed by atoms with Gasteiger partial charge >= 0.3 is 0 Å². The molecule has 106 valence electrons. The summed E-state index contributed by atoms with van der Waals surface area (Å²) in [5, 5.41) is 2.86. The fourth-order valence-corrected chi connectivity index (χ4v) is 1.91. The van der Waals surface area contributed by atoms with Crippen LogP contribution in [0.3, 0.4) is 0 Å². The zero-order valence-electron chi connectivity index (χ0n) is 11.2. The lowest BCUT2D eigenvalue weighted by atomic mass is 10.2. The van der Waals surface area contributed by atoms with Crippen LogP contribution in [0.5, 0.6) is 0 Å². The molecule has 7 heteroatoms. The van der Waals surface area contributed by atoms with E-state index in [1.807, 2.05) is 14.1 Å². The van der Waals surface area contributed by atoms with Gasteiger partial charge in [0.25, 0.3) is 5.91 Å². The minimum Gasteiger partial charge on any atom is -0.352 e. The number of anilines is 1. The van der Waals surface area contributed by atoms with Gasteiger partial charge in [0.15, 0.2) is 5.82 Å². The van der Waals surface area contributed by atoms with E-state index in [1.165, 1.54) is 0 Å². The second kappa shape index (κ2) is 8.08. The Balaban J connectivity index is 2.47. The maximum Gasteiger partial charge on any atom is 0.255 e. The standard InChI is InChI=1S/C12H20BrN5O/c1-18(2)6-4-3-5-15-12(19)10-7-9(13)8-16-11(10)17-14/h7-8H,3-6,14H2,1-2H3,(H,15,19)(H,16,17). The van der Waals surface area contributed by atoms with E-state index < -0.39 is 0 Å². The van der Waals surface area contributed by atoms with Crippen LogP contribution in [0.1, 0.15) is 23.2 Å². The van der Waals surface area contributed by atoms with E-state index in [-0.39, 0.29) is 5.91 Å². The van der Waals surface area contributed by atoms with Crippen LogP contribution in [-0.4, -0.2) is 43.0 Å². The quantitative estimate of drug-likeness (QED) is 0.398. The van der Waals surface area contributed by atoms with E-state index in [1.54, 1.807) is 12.3 Å². The summed E-state index contributed by atoms with van der Waals surface area (Å²) in [6.45, 7) is 1.66. The van der Waals surface area contributed by atoms with E-state index in [0.29, 0.717) is 17.9 Å². The maximum atomic E-state index is 12.0. The smallest absolute Gasteiger partial charge is 0.255 e. The van der Waals surface area contributed by atoms with Crippen LogP contribution >= 0.6 is 15.9 Å². The van der Waals surface area contributed by atoms with Crippen molar-refractivity contribution in [2.45, 2.75) is 12.8 Å². The fourth-order valence-electron chi connectivity index (χ4n) is 1.58. The van der Waals surface area contributed by atoms with Crippen LogP contribution in [0.25, 0.3) is 0 Å². The molecule has 1 aromatic rings. The Labute approximate surface area is 121 Å². The third-order valence-electron chi connectivity index (χ3n) is 2.55. The number of nitrogens with zero attached hydrogens (tertiary/aromatic N) is 2. The minimum atomic E-state index is -0.174. The van der Waals surface area contributed by atoms with Crippen molar-refractivity contribution in [1.82, 2.24) is 15.2 Å². The number of hydrazine groups is 1. The molecule has 0 atom stereocenters. The Bertz CT molecular complexity index is 425. The summed E-state index contributed by atoms with van der Waals surface area (Å²) in [5.74, 6) is 5.53. The predicted octanol–water partition coefficient (Wildman–Crippen LogP) is 1.20. The molecule has 0 aliphatic rings. The first kappa shape index (κ1) is 15.9. The lowest BCUT2D eigenvalue weighted by Gasteiger charge is -2.11. The summed E-state index contributed by atoms with van der Waals surface area (Å²) < 4.78 is 0.740. The molecule has 0 unspecified atom stereocenters. The van der Waals surface area contributed by atoms with Crippen LogP contribution in [0.4, 0.5) is 5.82 Å². The summed E-state index contributed by atoms with van der Waals surface area (Å²) in [7, 11) is 4.07. The van der Waals surface area contributed by atoms with Gasteiger partial charge in [-0.15, -0.1) is 0 Å². The molecule has 1 aromatic heterocycles. The number of hydrogen-bond donors (Lipinski definition) is 3. The molecule has 0 fully saturated rings. The lowest BCUT2D eigenvalue weighted by molar-refractivity contribution is 0.0953. The largest absolute Gasteiger partial charge is 0.352 e. The normalized spacial score (nSPS) is 10.6. The monoisotopic (exact) mass is 329 g/mol. The van der Waals surface area contributed by atoms with Crippen LogP contribution in [-0.2, 0) is 0 Å². The molecule has 19 heavy (non-hydrogen) atoms. The minimum absolute atomic E-state index is 0.174. The average Bonchev–Trinajstić information content (AvgIpc) is 2.37. The first-order valence-corrected chi connectivity index (χ1v) is 6.89. The third kappa shape index (κ3) is 5.54. The van der Waals surface area contributed by atoms with E-state index in [0.717, 1.165) is 23.9 Å². The average molecular weight is 330 g/mol. The fraction of sp³-hybridized carbons (Fsp3) is 0.500. The van der Waals surface area contributed by atoms with Crippen LogP contribution < -0.4 is 16.6 Å². The van der Waals surface area contributed by atoms with E-state index >= 15 is 0 Å². The Morgan fingerprint density at radius 2 is 2.21 bits per heavy atom. The first-order valence-electron chi connectivity index (χ1n) is 6.09. The van der Waals surface area contributed by atoms with Crippen molar-refractivity contribution in [2.75, 3.05) is 32.6 Å². The van der Waals surface area contributed by atoms with Gasteiger partial charge in [0, 0.05) is 17.2 Å². The van der Waals surface area contributed by atoms with Crippen molar-refractivity contribution in [3.63, 3.8) is 0 Å². The van der Waals surface area contributed by atoms with Crippen molar-refractivity contribution in [3.8, 4) is 0 Å². The zero-order valence-corrected chi connectivity index (χ0v) is 12.8. The van der Waals surface area contributed by atoms with Gasteiger partial charge in [-0.05, 0) is 55.5 Å². The number of carbonyl (C=O) groups excluding carboxylic acids is 1. The topological polar surface area (TPSA) is 83.3 Å². The highest BCUT2D eigenvalue weighted by atomic mass is 79.9. The number of nitrogens with two attached hydrogens (primary N) is 1. The number of carbonyl (C=O) groups is 1. The van der Waals surface area contributed by atoms with Gasteiger partial charge in [-0.25, -0.2) is 10.8 Å². The number of halogens is 1. The van der Waals surface area contributed by atoms with Crippen molar-refractivity contribution in [2.24, 2.45) is 5.84 Å². The number of unbranched alkanes of at least 4 members (excludes halogenated alkanes) is 1. The number of rotatable bonds is 7. The lowest BCUT2D eigenvalue weighted by Crippen LogP contribution is -2.27. The first-order chi connectivity index (χ1) is 9.04. The summed E-state index contributed by atoms with van der Waals surface area (Å²) in [6.07, 6.45) is 3.58. The molecule has 0 bridgehead atoms. The number of amides is 1. The molecule has 0 aromatic carbocycles. The molecular formula is C12H20BrN5O. The van der Waals surface area contributed by atoms with Gasteiger partial charge in [-0.2, -0.15) is 0 Å². The van der Waals surface area contributed by atoms with Gasteiger partial charge < -0.3 is 15.6 Å². The van der Waals surface area contributed by atoms with Gasteiger partial charge in [0.05, 0.1) is 5.56 Å². The number of pyridine rings is 1. The highest BCUT2D eigenvalue weighted by Crippen LogP contribution is 2.17. The molecular weight excluding hydrogens is 310 g/mol. The molecule has 0 radical (unpaired) electrons. The van der Waals surface area contributed by atoms with Crippen LogP contribution in [0.2, 0.25) is 0 Å². The third-order valence-corrected chi connectivity index (χ3v) is 2.99. The van der Waals surface area contributed by atoms with Crippen LogP contribution in [0, 0.1) is 0 Å². The summed E-state index contributed by atoms with van der Waals surface area (Å²) in [6, 6.07) is 1.69. The van der Waals surface area contributed by atoms with Gasteiger partial charge in [-0.1, -0.05) is 0 Å². The van der Waals surface area contributed by atoms with E-state index in [2.05, 4.69) is 36.6 Å². The Kier molecular flexibility index (Phi) is 6.75. The Hall–Kier alpha value is -1.18. The molecule has 0 aliphatic heterocycles. The number of nitrogens with one attached hydrogen (secondary N) is 2. The van der Waals surface area contributed by atoms with Crippen molar-refractivity contribution in [1.29, 1.82) is 0 Å². The highest BCUT2D eigenvalue weighted by molar-refractivity contribution is 9.10. The molecule has 1 rings (SSSR count). The van der Waals surface area contributed by atoms with Gasteiger partial charge in [-0.3, -0.25) is 4.79 Å². The summed E-state index contributed by atoms with van der Waals surface area (Å²) >= 11 is 3.29. The number of nitrogen functional groups attached to an aromatic ring is 1. The zero-order chi connectivity index (χ0) is 14.3. The SMILES string of the molecule is CN(C)CCCCNC(=O)c1cc(Br)cnc1NN. The molecule has 4 N–H and O–H groups in total. The molecule has 1 amide bonds. The Morgan fingerprint density at radius 3 is 2.84 bits per heavy atom. The molecule has 0 spiro atoms. The van der Waals surface area contributed by atoms with E-state index in [4.69, 9.17) is 5.84 Å². The molecule has 6 nitrogen and oxygen atoms in total. The summed E-state index contributed by atoms with van der Waals surface area (Å²) in [4.78, 5) is 18.2. The number of hydrogen-bond acceptors (Lipinski definition) is 5.